The maximum absolute atomic E-state index is 10.3. The van der Waals surface area contributed by atoms with Gasteiger partial charge in [-0.2, -0.15) is 35.2 Å². The molecule has 16 heteroatoms. The summed E-state index contributed by atoms with van der Waals surface area (Å²) in [5.74, 6) is -1.78. The van der Waals surface area contributed by atoms with Crippen LogP contribution in [0.4, 0.5) is 0 Å². The van der Waals surface area contributed by atoms with Crippen LogP contribution in [0.1, 0.15) is 6.42 Å². The number of thioether (sulfide) groups is 1. The van der Waals surface area contributed by atoms with Crippen LogP contribution in [0.5, 0.6) is 0 Å². The second-order valence-corrected chi connectivity index (χ2v) is 7.72. The molecule has 0 radical (unpaired) electrons. The third-order valence-corrected chi connectivity index (χ3v) is 5.28. The molecule has 0 saturated heterocycles. The topological polar surface area (TPSA) is 190 Å². The summed E-state index contributed by atoms with van der Waals surface area (Å²) in [6, 6.07) is -2.53. The Balaban J connectivity index is -0.0000000758. The molecule has 27 heavy (non-hydrogen) atoms. The number of carbonyl (C=O) groups is 3. The third-order valence-electron chi connectivity index (χ3n) is 2.16. The zero-order valence-electron chi connectivity index (χ0n) is 13.8. The van der Waals surface area contributed by atoms with Crippen LogP contribution >= 0.6 is 56.7 Å². The Morgan fingerprint density at radius 3 is 1.37 bits per heavy atom. The van der Waals surface area contributed by atoms with Gasteiger partial charge in [-0.25, -0.2) is 0 Å². The van der Waals surface area contributed by atoms with Crippen molar-refractivity contribution in [2.45, 2.75) is 24.5 Å². The molecule has 0 saturated carbocycles. The van der Waals surface area contributed by atoms with Gasteiger partial charge in [-0.05, 0) is 18.4 Å². The number of hydrogen-bond acceptors (Lipinski definition) is 9. The van der Waals surface area contributed by atoms with Gasteiger partial charge in [-0.1, -0.05) is 21.6 Å². The van der Waals surface area contributed by atoms with Crippen LogP contribution in [0.2, 0.25) is 0 Å². The molecule has 0 aromatic heterocycles. The molecule has 0 amide bonds. The van der Waals surface area contributed by atoms with Crippen molar-refractivity contribution < 1.29 is 29.7 Å². The molecular weight excluding hydrogens is 494 g/mol. The summed E-state index contributed by atoms with van der Waals surface area (Å²) in [7, 11) is 2.41. The van der Waals surface area contributed by atoms with E-state index in [-0.39, 0.29) is 95.7 Å². The molecule has 0 rings (SSSR count). The molecule has 0 spiro atoms. The molecule has 160 valence electrons. The van der Waals surface area contributed by atoms with Crippen molar-refractivity contribution in [1.82, 2.24) is 0 Å². The van der Waals surface area contributed by atoms with E-state index in [0.717, 1.165) is 5.75 Å². The molecule has 0 aliphatic heterocycles. The Labute approximate surface area is 227 Å². The number of nitrogens with two attached hydrogens (primary N) is 3. The van der Waals surface area contributed by atoms with Crippen LogP contribution in [0.3, 0.4) is 0 Å². The molecule has 9 N–H and O–H groups in total. The van der Waals surface area contributed by atoms with Crippen molar-refractivity contribution in [3.05, 3.63) is 0 Å². The van der Waals surface area contributed by atoms with Gasteiger partial charge in [0.15, 0.2) is 0 Å². The molecule has 0 aliphatic carbocycles. The molecule has 0 aromatic rings. The first-order chi connectivity index (χ1) is 10.6. The smallest absolute Gasteiger partial charge is 0.316 e. The van der Waals surface area contributed by atoms with E-state index in [2.05, 4.69) is 0 Å². The van der Waals surface area contributed by atoms with Crippen LogP contribution in [-0.4, -0.2) is 136 Å². The fourth-order valence-corrected chi connectivity index (χ4v) is 3.47. The molecule has 0 bridgehead atoms. The van der Waals surface area contributed by atoms with Gasteiger partial charge in [0.1, 0.15) is 18.1 Å². The van der Waals surface area contributed by atoms with Gasteiger partial charge < -0.3 is 32.5 Å². The van der Waals surface area contributed by atoms with E-state index < -0.39 is 36.0 Å². The maximum atomic E-state index is 10.3. The van der Waals surface area contributed by atoms with E-state index in [4.69, 9.17) is 32.5 Å². The average molecular weight is 526 g/mol. The zero-order valence-corrected chi connectivity index (χ0v) is 18.7. The molecule has 4 unspecified atom stereocenters. The van der Waals surface area contributed by atoms with E-state index in [1.54, 1.807) is 11.8 Å². The van der Waals surface area contributed by atoms with E-state index in [9.17, 15) is 14.4 Å². The Bertz CT molecular complexity index is 374. The van der Waals surface area contributed by atoms with Crippen molar-refractivity contribution in [1.29, 1.82) is 0 Å². The number of aliphatic carboxylic acids is 3. The van der Waals surface area contributed by atoms with E-state index in [0.29, 0.717) is 6.42 Å². The summed E-state index contributed by atoms with van der Waals surface area (Å²) in [5.41, 5.74) is 15.6. The standard InChI is InChI=1S/C6H12N2O4S2.C5H11NO2S.Ca.Mg.H3P.H2S.4H/c7-3(5(9)10)1-13-14-2-4(8)6(11)12;1-9-3-2-4(6)5(7)8;;;;;;;;/h3-4H,1-2,7-8H2,(H,9,10)(H,11,12);4H,2-3,6H2,1H3,(H,7,8);;;1H3;1H2;;;;. The SMILES string of the molecule is CSCCC(N)C(=O)O.NC(CSSCC(N)C(=O)O)C(=O)O.P.S.[CaH2].[MgH2]. The van der Waals surface area contributed by atoms with Crippen molar-refractivity contribution in [2.75, 3.05) is 23.5 Å². The second-order valence-electron chi connectivity index (χ2n) is 4.18. The van der Waals surface area contributed by atoms with Crippen LogP contribution in [-0.2, 0) is 14.4 Å². The first kappa shape index (κ1) is 43.1. The largest absolute Gasteiger partial charge is 0.316 e. The van der Waals surface area contributed by atoms with E-state index in [1.807, 2.05) is 6.26 Å². The first-order valence-corrected chi connectivity index (χ1v) is 10.2. The second kappa shape index (κ2) is 28.1. The van der Waals surface area contributed by atoms with Gasteiger partial charge in [-0.15, -0.1) is 0 Å². The monoisotopic (exact) mass is 525 g/mol. The van der Waals surface area contributed by atoms with Gasteiger partial charge in [0.2, 0.25) is 0 Å². The van der Waals surface area contributed by atoms with Gasteiger partial charge in [0.05, 0.1) is 0 Å². The number of carboxylic acid groups (broad SMARTS) is 3. The van der Waals surface area contributed by atoms with Crippen molar-refractivity contribution in [2.24, 2.45) is 17.2 Å². The fraction of sp³-hybridized carbons (Fsp3) is 0.727. The Morgan fingerprint density at radius 2 is 1.15 bits per heavy atom. The van der Waals surface area contributed by atoms with Crippen LogP contribution < -0.4 is 17.2 Å². The van der Waals surface area contributed by atoms with Gasteiger partial charge in [0.25, 0.3) is 0 Å². The van der Waals surface area contributed by atoms with Crippen molar-refractivity contribution in [3.63, 3.8) is 0 Å². The molecule has 0 aromatic carbocycles. The van der Waals surface area contributed by atoms with Gasteiger partial charge in [0, 0.05) is 11.5 Å². The summed E-state index contributed by atoms with van der Waals surface area (Å²) >= 11 is 1.60. The molecule has 4 atom stereocenters. The molecule has 0 fully saturated rings. The Morgan fingerprint density at radius 1 is 0.852 bits per heavy atom. The normalized spacial score (nSPS) is 12.0. The van der Waals surface area contributed by atoms with E-state index in [1.165, 1.54) is 21.6 Å². The van der Waals surface area contributed by atoms with Crippen molar-refractivity contribution >= 4 is 135 Å². The van der Waals surface area contributed by atoms with Crippen LogP contribution in [0, 0.1) is 0 Å². The summed E-state index contributed by atoms with van der Waals surface area (Å²) in [4.78, 5) is 30.6. The maximum Gasteiger partial charge on any atom is 0.316 e. The van der Waals surface area contributed by atoms with Crippen LogP contribution in [0.15, 0.2) is 0 Å². The minimum absolute atomic E-state index is 0. The Hall–Kier alpha value is 2.15. The first-order valence-electron chi connectivity index (χ1n) is 6.31. The molecular formula is C11H32CaMgN3O6PS4. The summed E-state index contributed by atoms with van der Waals surface area (Å²) in [6.45, 7) is 0. The molecule has 9 nitrogen and oxygen atoms in total. The molecule has 0 heterocycles. The predicted octanol–water partition coefficient (Wildman–Crippen LogP) is -2.32. The third kappa shape index (κ3) is 30.4. The van der Waals surface area contributed by atoms with E-state index >= 15 is 0 Å². The minimum Gasteiger partial charge on any atom is 0.316 e. The van der Waals surface area contributed by atoms with Gasteiger partial charge >= 0.3 is 78.7 Å². The quantitative estimate of drug-likeness (QED) is 0.0731. The summed E-state index contributed by atoms with van der Waals surface area (Å²) in [5, 5.41) is 25.1. The van der Waals surface area contributed by atoms with Gasteiger partial charge in [-0.3, -0.25) is 14.4 Å². The molecule has 0 aliphatic rings. The minimum atomic E-state index is -1.07. The van der Waals surface area contributed by atoms with Crippen LogP contribution in [0.25, 0.3) is 0 Å². The number of carboxylic acids is 3. The van der Waals surface area contributed by atoms with Crippen molar-refractivity contribution in [3.8, 4) is 0 Å². The Kier molecular flexibility index (Phi) is 44.9. The summed E-state index contributed by atoms with van der Waals surface area (Å²) < 4.78 is 0. The number of rotatable bonds is 11. The zero-order chi connectivity index (χ0) is 18.4. The average Bonchev–Trinajstić information content (AvgIpc) is 2.48. The number of hydrogen-bond donors (Lipinski definition) is 6. The predicted molar refractivity (Wildman–Crippen MR) is 133 cm³/mol. The summed E-state index contributed by atoms with van der Waals surface area (Å²) in [6.07, 6.45) is 2.48. The fourth-order valence-electron chi connectivity index (χ4n) is 0.754.